The second kappa shape index (κ2) is 11.5. The van der Waals surface area contributed by atoms with E-state index in [-0.39, 0.29) is 23.0 Å². The largest absolute Gasteiger partial charge is 0.353 e. The smallest absolute Gasteiger partial charge is 0.220 e. The number of carbonyl (C=O) groups is 1. The Hall–Kier alpha value is -2.52. The maximum absolute atomic E-state index is 13.3. The minimum atomic E-state index is -1.98. The Morgan fingerprint density at radius 2 is 1.13 bits per heavy atom. The molecule has 0 radical (unpaired) electrons. The van der Waals surface area contributed by atoms with E-state index in [0.29, 0.717) is 6.42 Å². The first kappa shape index (κ1) is 29.5. The lowest BCUT2D eigenvalue weighted by molar-refractivity contribution is -0.246. The van der Waals surface area contributed by atoms with E-state index in [9.17, 15) is 10.0 Å². The molecule has 0 aromatic heterocycles. The predicted octanol–water partition coefficient (Wildman–Crippen LogP) is 6.21. The summed E-state index contributed by atoms with van der Waals surface area (Å²) in [7, 11) is -1.98. The van der Waals surface area contributed by atoms with Gasteiger partial charge in [0.25, 0.3) is 0 Å². The van der Waals surface area contributed by atoms with Crippen LogP contribution in [0.4, 0.5) is 0 Å². The zero-order valence-corrected chi connectivity index (χ0v) is 25.7. The van der Waals surface area contributed by atoms with Gasteiger partial charge in [-0.1, -0.05) is 53.1 Å². The van der Waals surface area contributed by atoms with Gasteiger partial charge >= 0.3 is 0 Å². The van der Waals surface area contributed by atoms with Gasteiger partial charge in [-0.15, -0.1) is 0 Å². The Morgan fingerprint density at radius 1 is 0.769 bits per heavy atom. The van der Waals surface area contributed by atoms with Gasteiger partial charge in [0.05, 0.1) is 6.16 Å². The van der Waals surface area contributed by atoms with E-state index in [1.54, 1.807) is 0 Å². The van der Waals surface area contributed by atoms with Crippen molar-refractivity contribution in [3.8, 4) is 0 Å². The molecule has 4 rings (SSSR count). The molecule has 1 heterocycles. The van der Waals surface area contributed by atoms with E-state index in [4.69, 9.17) is 0 Å². The molecule has 1 saturated heterocycles. The molecule has 3 aromatic carbocycles. The van der Waals surface area contributed by atoms with Gasteiger partial charge < -0.3 is 10.5 Å². The van der Waals surface area contributed by atoms with E-state index in [0.717, 1.165) is 25.4 Å². The average Bonchev–Trinajstić information content (AvgIpc) is 2.87. The summed E-state index contributed by atoms with van der Waals surface area (Å²) in [4.78, 5) is 13.3. The van der Waals surface area contributed by atoms with Gasteiger partial charge in [0.15, 0.2) is 0 Å². The van der Waals surface area contributed by atoms with Gasteiger partial charge in [-0.2, -0.15) is 5.06 Å². The van der Waals surface area contributed by atoms with Crippen molar-refractivity contribution >= 4 is 29.1 Å². The van der Waals surface area contributed by atoms with Crippen molar-refractivity contribution in [2.45, 2.75) is 91.3 Å². The first-order valence-electron chi connectivity index (χ1n) is 14.2. The second-order valence-corrected chi connectivity index (χ2v) is 16.4. The van der Waals surface area contributed by atoms with Crippen LogP contribution in [0.5, 0.6) is 0 Å². The van der Waals surface area contributed by atoms with Crippen LogP contribution < -0.4 is 21.2 Å². The predicted molar refractivity (Wildman–Crippen MR) is 166 cm³/mol. The van der Waals surface area contributed by atoms with E-state index in [1.165, 1.54) is 37.7 Å². The van der Waals surface area contributed by atoms with Crippen LogP contribution in [0.1, 0.15) is 70.1 Å². The quantitative estimate of drug-likeness (QED) is 0.331. The van der Waals surface area contributed by atoms with Gasteiger partial charge in [-0.25, -0.2) is 0 Å². The monoisotopic (exact) mass is 545 g/mol. The standard InChI is InChI=1S/C34H45N2O2P/c1-25-10-16-29(17-11-25)39(30-18-12-26(2)13-19-30,31-20-14-27(3)15-21-31)22-8-9-32(37)35-28-23-33(4,5)36(38)34(6,7)24-28/h10-21,28,38H,8-9,22-24H2,1-7H3/p+1. The van der Waals surface area contributed by atoms with Crippen molar-refractivity contribution in [1.29, 1.82) is 0 Å². The molecule has 0 unspecified atom stereocenters. The summed E-state index contributed by atoms with van der Waals surface area (Å²) in [5.41, 5.74) is 2.99. The van der Waals surface area contributed by atoms with Crippen molar-refractivity contribution in [2.75, 3.05) is 6.16 Å². The molecule has 4 nitrogen and oxygen atoms in total. The molecule has 1 aliphatic rings. The third-order valence-corrected chi connectivity index (χ3v) is 12.9. The van der Waals surface area contributed by atoms with Gasteiger partial charge in [-0.05, 0) is 104 Å². The molecule has 0 bridgehead atoms. The Balaban J connectivity index is 1.61. The number of hydrogen-bond donors (Lipinski definition) is 2. The van der Waals surface area contributed by atoms with Crippen LogP contribution in [0.15, 0.2) is 72.8 Å². The number of piperidine rings is 1. The van der Waals surface area contributed by atoms with Crippen molar-refractivity contribution in [3.05, 3.63) is 89.5 Å². The maximum Gasteiger partial charge on any atom is 0.220 e. The third kappa shape index (κ3) is 6.46. The summed E-state index contributed by atoms with van der Waals surface area (Å²) in [5.74, 6) is 0.104. The fourth-order valence-corrected chi connectivity index (χ4v) is 10.7. The fourth-order valence-electron chi connectivity index (χ4n) is 6.38. The van der Waals surface area contributed by atoms with Crippen molar-refractivity contribution in [2.24, 2.45) is 0 Å². The number of amides is 1. The lowest BCUT2D eigenvalue weighted by Crippen LogP contribution is -2.62. The zero-order valence-electron chi connectivity index (χ0n) is 24.8. The number of hydrogen-bond acceptors (Lipinski definition) is 3. The first-order valence-corrected chi connectivity index (χ1v) is 16.2. The van der Waals surface area contributed by atoms with Gasteiger partial charge in [-0.3, -0.25) is 4.79 Å². The Bertz CT molecular complexity index is 1140. The van der Waals surface area contributed by atoms with Gasteiger partial charge in [0.2, 0.25) is 5.91 Å². The minimum absolute atomic E-state index is 0.0525. The van der Waals surface area contributed by atoms with Crippen LogP contribution in [-0.2, 0) is 4.79 Å². The number of nitrogens with one attached hydrogen (secondary N) is 1. The van der Waals surface area contributed by atoms with Gasteiger partial charge in [0, 0.05) is 23.5 Å². The number of nitrogens with zero attached hydrogens (tertiary/aromatic N) is 1. The molecule has 5 heteroatoms. The fraction of sp³-hybridized carbons (Fsp3) is 0.441. The van der Waals surface area contributed by atoms with Crippen LogP contribution in [0.2, 0.25) is 0 Å². The molecule has 1 aliphatic heterocycles. The Kier molecular flexibility index (Phi) is 8.71. The number of carbonyl (C=O) groups excluding carboxylic acids is 1. The minimum Gasteiger partial charge on any atom is -0.353 e. The summed E-state index contributed by atoms with van der Waals surface area (Å²) < 4.78 is 0. The highest BCUT2D eigenvalue weighted by Crippen LogP contribution is 2.56. The van der Waals surface area contributed by atoms with E-state index in [2.05, 4.69) is 98.9 Å². The highest BCUT2D eigenvalue weighted by molar-refractivity contribution is 7.95. The number of hydroxylamine groups is 2. The summed E-state index contributed by atoms with van der Waals surface area (Å²) in [5, 5.41) is 19.5. The Labute approximate surface area is 236 Å². The van der Waals surface area contributed by atoms with Crippen LogP contribution in [0.25, 0.3) is 0 Å². The number of aryl methyl sites for hydroxylation is 3. The molecule has 208 valence electrons. The lowest BCUT2D eigenvalue weighted by atomic mass is 9.79. The molecule has 3 aromatic rings. The van der Waals surface area contributed by atoms with Gasteiger partial charge in [0.1, 0.15) is 23.2 Å². The average molecular weight is 546 g/mol. The molecule has 1 amide bonds. The van der Waals surface area contributed by atoms with Crippen LogP contribution in [0.3, 0.4) is 0 Å². The SMILES string of the molecule is Cc1ccc([P+](CCCC(=O)NC2CC(C)(C)N(O)C(C)(C)C2)(c2ccc(C)cc2)c2ccc(C)cc2)cc1. The first-order chi connectivity index (χ1) is 18.3. The highest BCUT2D eigenvalue weighted by Gasteiger charge is 2.46. The molecule has 39 heavy (non-hydrogen) atoms. The molecule has 0 spiro atoms. The molecule has 0 aliphatic carbocycles. The van der Waals surface area contributed by atoms with E-state index < -0.39 is 7.26 Å². The highest BCUT2D eigenvalue weighted by atomic mass is 31.2. The normalized spacial score (nSPS) is 17.6. The van der Waals surface area contributed by atoms with Crippen molar-refractivity contribution in [3.63, 3.8) is 0 Å². The molecule has 0 atom stereocenters. The third-order valence-electron chi connectivity index (χ3n) is 8.33. The molecule has 2 N–H and O–H groups in total. The summed E-state index contributed by atoms with van der Waals surface area (Å²) in [6, 6.07) is 27.2. The number of benzene rings is 3. The van der Waals surface area contributed by atoms with Crippen LogP contribution in [0, 0.1) is 20.8 Å². The zero-order chi connectivity index (χ0) is 28.4. The molecular formula is C34H46N2O2P+. The van der Waals surface area contributed by atoms with Crippen molar-refractivity contribution in [1.82, 2.24) is 10.4 Å². The second-order valence-electron chi connectivity index (χ2n) is 12.8. The van der Waals surface area contributed by atoms with Crippen LogP contribution in [-0.4, -0.2) is 39.5 Å². The lowest BCUT2D eigenvalue weighted by Gasteiger charge is -2.51. The molecule has 1 fully saturated rings. The topological polar surface area (TPSA) is 52.6 Å². The van der Waals surface area contributed by atoms with E-state index >= 15 is 0 Å². The molecular weight excluding hydrogens is 499 g/mol. The Morgan fingerprint density at radius 3 is 1.49 bits per heavy atom. The van der Waals surface area contributed by atoms with Crippen molar-refractivity contribution < 1.29 is 10.0 Å². The summed E-state index contributed by atoms with van der Waals surface area (Å²) in [6.07, 6.45) is 3.69. The van der Waals surface area contributed by atoms with Crippen LogP contribution >= 0.6 is 7.26 Å². The maximum atomic E-state index is 13.3. The van der Waals surface area contributed by atoms with E-state index in [1.807, 2.05) is 27.7 Å². The summed E-state index contributed by atoms with van der Waals surface area (Å²) >= 11 is 0. The molecule has 0 saturated carbocycles. The summed E-state index contributed by atoms with van der Waals surface area (Å²) in [6.45, 7) is 14.6. The number of rotatable bonds is 8.